The zero-order chi connectivity index (χ0) is 21.0. The fraction of sp³-hybridized carbons (Fsp3) is 0.286. The third-order valence-corrected chi connectivity index (χ3v) is 6.47. The molecule has 1 aromatic heterocycles. The smallest absolute Gasteiger partial charge is 0.358 e. The van der Waals surface area contributed by atoms with Crippen LogP contribution in [-0.2, 0) is 4.74 Å². The van der Waals surface area contributed by atoms with Crippen LogP contribution in [0.15, 0.2) is 41.6 Å². The minimum absolute atomic E-state index is 0.141. The van der Waals surface area contributed by atoms with Gasteiger partial charge < -0.3 is 4.74 Å². The fourth-order valence-electron chi connectivity index (χ4n) is 4.12. The summed E-state index contributed by atoms with van der Waals surface area (Å²) in [6.07, 6.45) is 1.86. The summed E-state index contributed by atoms with van der Waals surface area (Å²) in [5.74, 6) is 0. The van der Waals surface area contributed by atoms with Crippen LogP contribution in [0.4, 0.5) is 13.2 Å². The lowest BCUT2D eigenvalue weighted by molar-refractivity contribution is -0.0398. The molecule has 1 atom stereocenters. The second kappa shape index (κ2) is 7.48. The minimum Gasteiger partial charge on any atom is -0.358 e. The molecular formula is C21H15Cl2F3N2OS. The molecule has 0 radical (unpaired) electrons. The van der Waals surface area contributed by atoms with Crippen LogP contribution in [-0.4, -0.2) is 21.7 Å². The van der Waals surface area contributed by atoms with Crippen LogP contribution in [0.1, 0.15) is 25.5 Å². The molecule has 0 amide bonds. The molecule has 1 fully saturated rings. The molecule has 1 unspecified atom stereocenters. The molecule has 0 bridgehead atoms. The van der Waals surface area contributed by atoms with E-state index in [-0.39, 0.29) is 16.9 Å². The van der Waals surface area contributed by atoms with E-state index in [0.717, 1.165) is 29.0 Å². The highest BCUT2D eigenvalue weighted by Crippen LogP contribution is 2.45. The van der Waals surface area contributed by atoms with Gasteiger partial charge in [0.15, 0.2) is 5.16 Å². The molecule has 1 saturated heterocycles. The Labute approximate surface area is 184 Å². The van der Waals surface area contributed by atoms with Crippen LogP contribution in [0, 0.1) is 0 Å². The number of hydrogen-bond acceptors (Lipinski definition) is 3. The van der Waals surface area contributed by atoms with E-state index in [2.05, 4.69) is 4.98 Å². The maximum absolute atomic E-state index is 13.4. The first-order valence-electron chi connectivity index (χ1n) is 9.41. The SMILES string of the molecule is FC(F)(F)Sc1nc2c3cc(Cl)ccc3c3ccc(Cl)cc3c2n1C1CCCCO1. The minimum atomic E-state index is -4.48. The van der Waals surface area contributed by atoms with Crippen LogP contribution in [0.25, 0.3) is 32.6 Å². The second-order valence-corrected chi connectivity index (χ2v) is 9.12. The molecule has 3 aromatic carbocycles. The zero-order valence-corrected chi connectivity index (χ0v) is 17.8. The predicted molar refractivity (Wildman–Crippen MR) is 116 cm³/mol. The maximum Gasteiger partial charge on any atom is 0.449 e. The summed E-state index contributed by atoms with van der Waals surface area (Å²) in [6, 6.07) is 10.8. The van der Waals surface area contributed by atoms with Crippen LogP contribution in [0.3, 0.4) is 0 Å². The number of hydrogen-bond donors (Lipinski definition) is 0. The van der Waals surface area contributed by atoms with Crippen molar-refractivity contribution in [1.82, 2.24) is 9.55 Å². The lowest BCUT2D eigenvalue weighted by Gasteiger charge is -2.26. The number of halogens is 5. The Kier molecular flexibility index (Phi) is 5.05. The monoisotopic (exact) mass is 470 g/mol. The number of aromatic nitrogens is 2. The van der Waals surface area contributed by atoms with Crippen molar-refractivity contribution in [2.75, 3.05) is 6.61 Å². The first kappa shape index (κ1) is 20.2. The number of nitrogens with zero attached hydrogens (tertiary/aromatic N) is 2. The Morgan fingerprint density at radius 2 is 1.63 bits per heavy atom. The first-order chi connectivity index (χ1) is 14.3. The largest absolute Gasteiger partial charge is 0.449 e. The summed E-state index contributed by atoms with van der Waals surface area (Å²) >= 11 is 12.3. The summed E-state index contributed by atoms with van der Waals surface area (Å²) in [7, 11) is 0. The third kappa shape index (κ3) is 3.51. The van der Waals surface area contributed by atoms with Crippen LogP contribution in [0.2, 0.25) is 10.0 Å². The number of rotatable bonds is 2. The van der Waals surface area contributed by atoms with Crippen molar-refractivity contribution < 1.29 is 17.9 Å². The molecule has 1 aliphatic heterocycles. The molecule has 1 aliphatic rings. The highest BCUT2D eigenvalue weighted by Gasteiger charge is 2.35. The summed E-state index contributed by atoms with van der Waals surface area (Å²) < 4.78 is 47.7. The van der Waals surface area contributed by atoms with Crippen molar-refractivity contribution in [3.8, 4) is 0 Å². The molecule has 4 aromatic rings. The lowest BCUT2D eigenvalue weighted by atomic mass is 9.99. The summed E-state index contributed by atoms with van der Waals surface area (Å²) in [6.45, 7) is 0.499. The van der Waals surface area contributed by atoms with Crippen molar-refractivity contribution in [3.05, 3.63) is 46.4 Å². The number of alkyl halides is 3. The van der Waals surface area contributed by atoms with Crippen molar-refractivity contribution >= 4 is 67.5 Å². The molecule has 0 saturated carbocycles. The van der Waals surface area contributed by atoms with Crippen molar-refractivity contribution in [2.45, 2.75) is 36.2 Å². The van der Waals surface area contributed by atoms with E-state index in [9.17, 15) is 13.2 Å². The van der Waals surface area contributed by atoms with Gasteiger partial charge in [-0.3, -0.25) is 4.57 Å². The predicted octanol–water partition coefficient (Wildman–Crippen LogP) is 7.96. The number of ether oxygens (including phenoxy) is 1. The van der Waals surface area contributed by atoms with Gasteiger partial charge in [0.25, 0.3) is 0 Å². The van der Waals surface area contributed by atoms with Gasteiger partial charge in [-0.05, 0) is 54.3 Å². The van der Waals surface area contributed by atoms with Crippen molar-refractivity contribution in [3.63, 3.8) is 0 Å². The highest BCUT2D eigenvalue weighted by atomic mass is 35.5. The van der Waals surface area contributed by atoms with Gasteiger partial charge in [0, 0.05) is 39.2 Å². The molecular weight excluding hydrogens is 456 g/mol. The van der Waals surface area contributed by atoms with Gasteiger partial charge in [-0.25, -0.2) is 4.98 Å². The van der Waals surface area contributed by atoms with Crippen LogP contribution >= 0.6 is 35.0 Å². The lowest BCUT2D eigenvalue weighted by Crippen LogP contribution is -2.19. The van der Waals surface area contributed by atoms with Gasteiger partial charge in [-0.2, -0.15) is 13.2 Å². The van der Waals surface area contributed by atoms with E-state index in [1.54, 1.807) is 28.8 Å². The topological polar surface area (TPSA) is 27.1 Å². The van der Waals surface area contributed by atoms with Gasteiger partial charge in [0.2, 0.25) is 0 Å². The Morgan fingerprint density at radius 3 is 2.27 bits per heavy atom. The molecule has 9 heteroatoms. The number of fused-ring (bicyclic) bond motifs is 6. The first-order valence-corrected chi connectivity index (χ1v) is 11.0. The average molecular weight is 471 g/mol. The fourth-order valence-corrected chi connectivity index (χ4v) is 5.12. The average Bonchev–Trinajstić information content (AvgIpc) is 3.06. The van der Waals surface area contributed by atoms with Gasteiger partial charge in [-0.15, -0.1) is 0 Å². The highest BCUT2D eigenvalue weighted by molar-refractivity contribution is 8.00. The zero-order valence-electron chi connectivity index (χ0n) is 15.5. The Bertz CT molecular complexity index is 1280. The Morgan fingerprint density at radius 1 is 0.967 bits per heavy atom. The second-order valence-electron chi connectivity index (χ2n) is 7.21. The maximum atomic E-state index is 13.4. The number of imidazole rings is 1. The molecule has 5 rings (SSSR count). The van der Waals surface area contributed by atoms with Gasteiger partial charge in [0.1, 0.15) is 6.23 Å². The van der Waals surface area contributed by atoms with Gasteiger partial charge >= 0.3 is 5.51 Å². The summed E-state index contributed by atoms with van der Waals surface area (Å²) in [5, 5.41) is 4.02. The number of benzene rings is 3. The van der Waals surface area contributed by atoms with E-state index < -0.39 is 11.7 Å². The molecule has 30 heavy (non-hydrogen) atoms. The van der Waals surface area contributed by atoms with Crippen molar-refractivity contribution in [1.29, 1.82) is 0 Å². The van der Waals surface area contributed by atoms with E-state index in [4.69, 9.17) is 27.9 Å². The Balaban J connectivity index is 1.95. The van der Waals surface area contributed by atoms with E-state index in [0.29, 0.717) is 39.5 Å². The summed E-state index contributed by atoms with van der Waals surface area (Å²) in [4.78, 5) is 4.45. The van der Waals surface area contributed by atoms with E-state index in [1.165, 1.54) is 0 Å². The molecule has 0 spiro atoms. The van der Waals surface area contributed by atoms with E-state index >= 15 is 0 Å². The molecule has 0 aliphatic carbocycles. The Hall–Kier alpha value is -1.67. The van der Waals surface area contributed by atoms with Gasteiger partial charge in [0.05, 0.1) is 11.0 Å². The van der Waals surface area contributed by atoms with E-state index in [1.807, 2.05) is 12.1 Å². The van der Waals surface area contributed by atoms with Crippen LogP contribution < -0.4 is 0 Å². The third-order valence-electron chi connectivity index (χ3n) is 5.29. The number of thioether (sulfide) groups is 1. The molecule has 3 nitrogen and oxygen atoms in total. The summed E-state index contributed by atoms with van der Waals surface area (Å²) in [5.41, 5.74) is -3.43. The molecule has 0 N–H and O–H groups in total. The quantitative estimate of drug-likeness (QED) is 0.219. The molecule has 2 heterocycles. The normalized spacial score (nSPS) is 18.0. The van der Waals surface area contributed by atoms with Gasteiger partial charge in [-0.1, -0.05) is 35.3 Å². The standard InChI is InChI=1S/C21H15Cl2F3N2OS/c22-11-4-6-13-14-7-5-12(23)10-16(14)19-18(15(13)9-11)27-20(30-21(24,25)26)28(19)17-3-1-2-8-29-17/h4-7,9-10,17H,1-3,8H2. The molecule has 156 valence electrons. The van der Waals surface area contributed by atoms with Crippen LogP contribution in [0.5, 0.6) is 0 Å². The van der Waals surface area contributed by atoms with Crippen molar-refractivity contribution in [2.24, 2.45) is 0 Å².